The van der Waals surface area contributed by atoms with E-state index in [9.17, 15) is 0 Å². The molecule has 0 atom stereocenters. The molecule has 0 fully saturated rings. The summed E-state index contributed by atoms with van der Waals surface area (Å²) in [7, 11) is 0. The molecule has 72 valence electrons. The third kappa shape index (κ3) is 1.94. The summed E-state index contributed by atoms with van der Waals surface area (Å²) in [6.07, 6.45) is 4.52. The first-order valence-corrected chi connectivity index (χ1v) is 4.00. The van der Waals surface area contributed by atoms with Crippen molar-refractivity contribution in [1.29, 1.82) is 0 Å². The smallest absolute Gasteiger partial charge is 0.223 e. The van der Waals surface area contributed by atoms with Crippen LogP contribution in [0.25, 0.3) is 0 Å². The molecule has 0 aliphatic heterocycles. The summed E-state index contributed by atoms with van der Waals surface area (Å²) >= 11 is 0. The number of nitrogens with zero attached hydrogens (tertiary/aromatic N) is 4. The van der Waals surface area contributed by atoms with E-state index in [2.05, 4.69) is 30.5 Å². The van der Waals surface area contributed by atoms with Gasteiger partial charge in [-0.2, -0.15) is 5.10 Å². The molecule has 4 N–H and O–H groups in total. The summed E-state index contributed by atoms with van der Waals surface area (Å²) < 4.78 is 0. The normalized spacial score (nSPS) is 10.0. The van der Waals surface area contributed by atoms with Gasteiger partial charge < -0.3 is 11.1 Å². The minimum atomic E-state index is 0.504. The van der Waals surface area contributed by atoms with Crippen molar-refractivity contribution in [2.45, 2.75) is 6.54 Å². The van der Waals surface area contributed by atoms with E-state index in [1.807, 2.05) is 0 Å². The highest BCUT2D eigenvalue weighted by Gasteiger charge is 1.97. The van der Waals surface area contributed by atoms with Crippen LogP contribution in [0.4, 0.5) is 11.6 Å². The van der Waals surface area contributed by atoms with Crippen molar-refractivity contribution in [3.05, 3.63) is 24.5 Å². The van der Waals surface area contributed by atoms with E-state index in [4.69, 9.17) is 5.73 Å². The Morgan fingerprint density at radius 1 is 1.29 bits per heavy atom. The number of H-pyrrole nitrogens is 1. The second-order valence-electron chi connectivity index (χ2n) is 2.63. The summed E-state index contributed by atoms with van der Waals surface area (Å²) in [5.41, 5.74) is 5.97. The zero-order valence-electron chi connectivity index (χ0n) is 7.31. The highest BCUT2D eigenvalue weighted by molar-refractivity contribution is 5.35. The Hall–Kier alpha value is -2.18. The van der Waals surface area contributed by atoms with E-state index in [0.29, 0.717) is 18.2 Å². The van der Waals surface area contributed by atoms with Gasteiger partial charge in [0.15, 0.2) is 0 Å². The molecule has 0 amide bonds. The molecular formula is C7H9N7. The van der Waals surface area contributed by atoms with Gasteiger partial charge in [0.25, 0.3) is 0 Å². The molecule has 7 heteroatoms. The number of anilines is 2. The summed E-state index contributed by atoms with van der Waals surface area (Å²) in [5, 5.41) is 9.39. The molecule has 0 radical (unpaired) electrons. The molecule has 0 aromatic carbocycles. The molecule has 2 rings (SSSR count). The molecule has 0 aliphatic carbocycles. The first-order chi connectivity index (χ1) is 6.84. The number of nitrogens with two attached hydrogens (primary N) is 1. The predicted octanol–water partition coefficient (Wildman–Crippen LogP) is -0.211. The van der Waals surface area contributed by atoms with Gasteiger partial charge >= 0.3 is 0 Å². The Morgan fingerprint density at radius 3 is 2.71 bits per heavy atom. The molecule has 14 heavy (non-hydrogen) atoms. The third-order valence-electron chi connectivity index (χ3n) is 1.55. The standard InChI is InChI=1S/C7H9N7/c8-5-1-9-7(10-2-5)11-3-6-12-4-13-14-6/h1-2,4H,3,8H2,(H,9,10,11)(H,12,13,14). The van der Waals surface area contributed by atoms with E-state index in [0.717, 1.165) is 5.82 Å². The monoisotopic (exact) mass is 191 g/mol. The SMILES string of the molecule is Nc1cnc(NCc2ncn[nH]2)nc1. The molecule has 0 bridgehead atoms. The van der Waals surface area contributed by atoms with Gasteiger partial charge in [-0.1, -0.05) is 0 Å². The van der Waals surface area contributed by atoms with Crippen molar-refractivity contribution in [2.75, 3.05) is 11.1 Å². The lowest BCUT2D eigenvalue weighted by atomic mass is 10.5. The Bertz CT molecular complexity index is 379. The van der Waals surface area contributed by atoms with Gasteiger partial charge in [0.05, 0.1) is 24.6 Å². The number of rotatable bonds is 3. The second kappa shape index (κ2) is 3.69. The maximum Gasteiger partial charge on any atom is 0.223 e. The van der Waals surface area contributed by atoms with E-state index in [1.54, 1.807) is 0 Å². The molecular weight excluding hydrogens is 182 g/mol. The average molecular weight is 191 g/mol. The van der Waals surface area contributed by atoms with E-state index in [-0.39, 0.29) is 0 Å². The molecule has 0 saturated carbocycles. The lowest BCUT2D eigenvalue weighted by Crippen LogP contribution is -2.05. The van der Waals surface area contributed by atoms with Crippen LogP contribution in [0, 0.1) is 0 Å². The summed E-state index contributed by atoms with van der Waals surface area (Å²) in [4.78, 5) is 11.9. The molecule has 0 spiro atoms. The van der Waals surface area contributed by atoms with Gasteiger partial charge in [-0.25, -0.2) is 15.0 Å². The Morgan fingerprint density at radius 2 is 2.07 bits per heavy atom. The number of nitrogen functional groups attached to an aromatic ring is 1. The molecule has 2 heterocycles. The number of nitrogens with one attached hydrogen (secondary N) is 2. The van der Waals surface area contributed by atoms with Gasteiger partial charge in [-0.3, -0.25) is 5.10 Å². The number of hydrogen-bond donors (Lipinski definition) is 3. The summed E-state index contributed by atoms with van der Waals surface area (Å²) in [6, 6.07) is 0. The van der Waals surface area contributed by atoms with Crippen LogP contribution in [0.3, 0.4) is 0 Å². The number of aromatic amines is 1. The van der Waals surface area contributed by atoms with Crippen LogP contribution in [0.1, 0.15) is 5.82 Å². The topological polar surface area (TPSA) is 105 Å². The number of hydrogen-bond acceptors (Lipinski definition) is 6. The highest BCUT2D eigenvalue weighted by atomic mass is 15.2. The highest BCUT2D eigenvalue weighted by Crippen LogP contribution is 2.01. The van der Waals surface area contributed by atoms with Crippen LogP contribution in [0.5, 0.6) is 0 Å². The van der Waals surface area contributed by atoms with Crippen LogP contribution in [0.2, 0.25) is 0 Å². The first kappa shape index (κ1) is 8.42. The molecule has 0 saturated heterocycles. The number of aromatic nitrogens is 5. The fraction of sp³-hybridized carbons (Fsp3) is 0.143. The van der Waals surface area contributed by atoms with Crippen LogP contribution >= 0.6 is 0 Å². The molecule has 2 aromatic heterocycles. The Balaban J connectivity index is 1.95. The Kier molecular flexibility index (Phi) is 2.22. The van der Waals surface area contributed by atoms with Crippen molar-refractivity contribution in [1.82, 2.24) is 25.1 Å². The summed E-state index contributed by atoms with van der Waals surface area (Å²) in [6.45, 7) is 0.504. The van der Waals surface area contributed by atoms with Gasteiger partial charge in [-0.15, -0.1) is 0 Å². The lowest BCUT2D eigenvalue weighted by molar-refractivity contribution is 0.936. The summed E-state index contributed by atoms with van der Waals surface area (Å²) in [5.74, 6) is 1.24. The molecule has 0 unspecified atom stereocenters. The minimum Gasteiger partial charge on any atom is -0.396 e. The van der Waals surface area contributed by atoms with Crippen molar-refractivity contribution in [3.63, 3.8) is 0 Å². The minimum absolute atomic E-state index is 0.504. The predicted molar refractivity (Wildman–Crippen MR) is 50.2 cm³/mol. The van der Waals surface area contributed by atoms with Crippen LogP contribution in [-0.2, 0) is 6.54 Å². The van der Waals surface area contributed by atoms with Crippen molar-refractivity contribution in [2.24, 2.45) is 0 Å². The van der Waals surface area contributed by atoms with Crippen molar-refractivity contribution < 1.29 is 0 Å². The molecule has 0 aliphatic rings. The van der Waals surface area contributed by atoms with Gasteiger partial charge in [0.2, 0.25) is 5.95 Å². The van der Waals surface area contributed by atoms with Gasteiger partial charge in [0, 0.05) is 0 Å². The second-order valence-corrected chi connectivity index (χ2v) is 2.63. The fourth-order valence-corrected chi connectivity index (χ4v) is 0.908. The first-order valence-electron chi connectivity index (χ1n) is 4.00. The van der Waals surface area contributed by atoms with Crippen molar-refractivity contribution in [3.8, 4) is 0 Å². The van der Waals surface area contributed by atoms with Gasteiger partial charge in [0.1, 0.15) is 12.2 Å². The zero-order valence-corrected chi connectivity index (χ0v) is 7.31. The Labute approximate surface area is 79.8 Å². The molecule has 7 nitrogen and oxygen atoms in total. The quantitative estimate of drug-likeness (QED) is 0.619. The van der Waals surface area contributed by atoms with Crippen molar-refractivity contribution >= 4 is 11.6 Å². The van der Waals surface area contributed by atoms with Gasteiger partial charge in [-0.05, 0) is 0 Å². The van der Waals surface area contributed by atoms with Crippen LogP contribution in [0.15, 0.2) is 18.7 Å². The lowest BCUT2D eigenvalue weighted by Gasteiger charge is -2.01. The third-order valence-corrected chi connectivity index (χ3v) is 1.55. The average Bonchev–Trinajstić information content (AvgIpc) is 2.70. The van der Waals surface area contributed by atoms with E-state index in [1.165, 1.54) is 18.7 Å². The zero-order chi connectivity index (χ0) is 9.80. The maximum atomic E-state index is 5.44. The maximum absolute atomic E-state index is 5.44. The van der Waals surface area contributed by atoms with E-state index >= 15 is 0 Å². The fourth-order valence-electron chi connectivity index (χ4n) is 0.908. The largest absolute Gasteiger partial charge is 0.396 e. The van der Waals surface area contributed by atoms with E-state index < -0.39 is 0 Å². The molecule has 2 aromatic rings. The van der Waals surface area contributed by atoms with Crippen LogP contribution in [-0.4, -0.2) is 25.1 Å². The van der Waals surface area contributed by atoms with Crippen LogP contribution < -0.4 is 11.1 Å².